The number of carbonyl (C=O) groups excluding carboxylic acids is 1. The Morgan fingerprint density at radius 3 is 2.06 bits per heavy atom. The van der Waals surface area contributed by atoms with Gasteiger partial charge in [0.25, 0.3) is 0 Å². The fourth-order valence-corrected chi connectivity index (χ4v) is 1.85. The summed E-state index contributed by atoms with van der Waals surface area (Å²) in [6, 6.07) is 0. The van der Waals surface area contributed by atoms with Gasteiger partial charge in [0, 0.05) is 18.9 Å². The van der Waals surface area contributed by atoms with Crippen LogP contribution in [0.5, 0.6) is 0 Å². The summed E-state index contributed by atoms with van der Waals surface area (Å²) in [4.78, 5) is 11.3. The lowest BCUT2D eigenvalue weighted by Crippen LogP contribution is -2.50. The van der Waals surface area contributed by atoms with E-state index in [1.54, 1.807) is 14.0 Å². The summed E-state index contributed by atoms with van der Waals surface area (Å²) in [7, 11) is 1.70. The maximum Gasteiger partial charge on any atom is 0.305 e. The van der Waals surface area contributed by atoms with Crippen molar-refractivity contribution in [2.75, 3.05) is 7.11 Å². The number of methoxy groups -OCH3 is 1. The second-order valence-corrected chi connectivity index (χ2v) is 4.97. The van der Waals surface area contributed by atoms with E-state index >= 15 is 0 Å². The highest BCUT2D eigenvalue weighted by molar-refractivity contribution is 5.69. The largest absolute Gasteiger partial charge is 0.462 e. The van der Waals surface area contributed by atoms with Gasteiger partial charge in [0.1, 0.15) is 6.10 Å². The predicted molar refractivity (Wildman–Crippen MR) is 65.3 cm³/mol. The molecule has 0 aliphatic heterocycles. The molecule has 16 heavy (non-hydrogen) atoms. The topological polar surface area (TPSA) is 35.5 Å². The molecular formula is C13H26O3. The first-order valence-corrected chi connectivity index (χ1v) is 5.99. The lowest BCUT2D eigenvalue weighted by Gasteiger charge is -2.46. The van der Waals surface area contributed by atoms with Gasteiger partial charge in [-0.25, -0.2) is 0 Å². The Balaban J connectivity index is 4.88. The van der Waals surface area contributed by atoms with E-state index in [1.165, 1.54) is 0 Å². The Bertz CT molecular complexity index is 235. The first-order valence-electron chi connectivity index (χ1n) is 5.99. The summed E-state index contributed by atoms with van der Waals surface area (Å²) >= 11 is 0. The minimum Gasteiger partial charge on any atom is -0.462 e. The highest BCUT2D eigenvalue weighted by Crippen LogP contribution is 2.41. The van der Waals surface area contributed by atoms with Crippen LogP contribution in [0.15, 0.2) is 0 Å². The quantitative estimate of drug-likeness (QED) is 0.657. The first kappa shape index (κ1) is 15.4. The normalized spacial score (nSPS) is 17.7. The number of carbonyl (C=O) groups is 1. The van der Waals surface area contributed by atoms with E-state index in [0.717, 1.165) is 6.42 Å². The van der Waals surface area contributed by atoms with E-state index in [4.69, 9.17) is 9.47 Å². The zero-order valence-corrected chi connectivity index (χ0v) is 11.7. The molecule has 0 aromatic carbocycles. The van der Waals surface area contributed by atoms with Crippen molar-refractivity contribution in [1.29, 1.82) is 0 Å². The maximum atomic E-state index is 11.3. The van der Waals surface area contributed by atoms with Gasteiger partial charge >= 0.3 is 5.97 Å². The summed E-state index contributed by atoms with van der Waals surface area (Å²) in [5.74, 6) is -0.154. The zero-order chi connectivity index (χ0) is 13.0. The number of esters is 1. The Morgan fingerprint density at radius 1 is 1.25 bits per heavy atom. The molecule has 2 atom stereocenters. The average molecular weight is 230 g/mol. The molecule has 0 N–H and O–H groups in total. The van der Waals surface area contributed by atoms with E-state index in [-0.39, 0.29) is 23.1 Å². The molecular weight excluding hydrogens is 204 g/mol. The molecule has 0 saturated carbocycles. The summed E-state index contributed by atoms with van der Waals surface area (Å²) < 4.78 is 11.0. The van der Waals surface area contributed by atoms with E-state index in [9.17, 15) is 4.79 Å². The molecule has 0 heterocycles. The van der Waals surface area contributed by atoms with Crippen LogP contribution in [0.25, 0.3) is 0 Å². The minimum absolute atomic E-state index is 0.153. The summed E-state index contributed by atoms with van der Waals surface area (Å²) in [6.07, 6.45) is 1.16. The zero-order valence-electron chi connectivity index (χ0n) is 11.7. The minimum atomic E-state index is -0.324. The van der Waals surface area contributed by atoms with Crippen LogP contribution in [0, 0.1) is 5.41 Å². The van der Waals surface area contributed by atoms with Crippen LogP contribution in [0.1, 0.15) is 54.4 Å². The van der Waals surface area contributed by atoms with Crippen molar-refractivity contribution >= 4 is 5.97 Å². The maximum absolute atomic E-state index is 11.3. The molecule has 0 fully saturated rings. The molecule has 0 aliphatic carbocycles. The summed E-state index contributed by atoms with van der Waals surface area (Å²) in [5, 5.41) is 0. The lowest BCUT2D eigenvalue weighted by atomic mass is 9.69. The summed E-state index contributed by atoms with van der Waals surface area (Å²) in [6.45, 7) is 12.0. The lowest BCUT2D eigenvalue weighted by molar-refractivity contribution is -0.173. The number of hydrogen-bond donors (Lipinski definition) is 0. The van der Waals surface area contributed by atoms with Crippen molar-refractivity contribution in [3.8, 4) is 0 Å². The van der Waals surface area contributed by atoms with Gasteiger partial charge in [0.15, 0.2) is 0 Å². The van der Waals surface area contributed by atoms with Gasteiger partial charge in [-0.15, -0.1) is 0 Å². The molecule has 3 nitrogen and oxygen atoms in total. The molecule has 0 aromatic heterocycles. The molecule has 0 radical (unpaired) electrons. The fraction of sp³-hybridized carbons (Fsp3) is 0.923. The SMILES string of the molecule is CCC(=O)OC(C)C(C)(CC)C(C)(C)OC. The molecule has 96 valence electrons. The Morgan fingerprint density at radius 2 is 1.75 bits per heavy atom. The third-order valence-electron chi connectivity index (χ3n) is 4.11. The Hall–Kier alpha value is -0.570. The van der Waals surface area contributed by atoms with Gasteiger partial charge < -0.3 is 9.47 Å². The van der Waals surface area contributed by atoms with E-state index in [0.29, 0.717) is 6.42 Å². The van der Waals surface area contributed by atoms with Crippen molar-refractivity contribution in [2.45, 2.75) is 66.1 Å². The van der Waals surface area contributed by atoms with Crippen molar-refractivity contribution in [3.05, 3.63) is 0 Å². The molecule has 3 heteroatoms. The molecule has 0 spiro atoms. The van der Waals surface area contributed by atoms with Crippen LogP contribution >= 0.6 is 0 Å². The van der Waals surface area contributed by atoms with Crippen LogP contribution in [-0.4, -0.2) is 24.8 Å². The van der Waals surface area contributed by atoms with Gasteiger partial charge in [-0.05, 0) is 27.2 Å². The van der Waals surface area contributed by atoms with Gasteiger partial charge in [-0.1, -0.05) is 20.8 Å². The van der Waals surface area contributed by atoms with Crippen LogP contribution < -0.4 is 0 Å². The number of hydrogen-bond acceptors (Lipinski definition) is 3. The molecule has 0 bridgehead atoms. The highest BCUT2D eigenvalue weighted by Gasteiger charge is 2.45. The van der Waals surface area contributed by atoms with E-state index in [2.05, 4.69) is 13.8 Å². The van der Waals surface area contributed by atoms with E-state index < -0.39 is 0 Å². The second-order valence-electron chi connectivity index (χ2n) is 4.97. The highest BCUT2D eigenvalue weighted by atomic mass is 16.5. The molecule has 0 aliphatic rings. The van der Waals surface area contributed by atoms with Gasteiger partial charge in [0.05, 0.1) is 5.60 Å². The Labute approximate surface area is 99.5 Å². The van der Waals surface area contributed by atoms with Crippen molar-refractivity contribution in [1.82, 2.24) is 0 Å². The smallest absolute Gasteiger partial charge is 0.305 e. The Kier molecular flexibility index (Phi) is 5.47. The van der Waals surface area contributed by atoms with Crippen LogP contribution in [0.2, 0.25) is 0 Å². The first-order chi connectivity index (χ1) is 7.25. The monoisotopic (exact) mass is 230 g/mol. The fourth-order valence-electron chi connectivity index (χ4n) is 1.85. The number of ether oxygens (including phenoxy) is 2. The standard InChI is InChI=1S/C13H26O3/c1-8-11(14)16-10(3)13(6,9-2)12(4,5)15-7/h10H,8-9H2,1-7H3. The third-order valence-corrected chi connectivity index (χ3v) is 4.11. The second kappa shape index (κ2) is 5.67. The van der Waals surface area contributed by atoms with Gasteiger partial charge in [-0.2, -0.15) is 0 Å². The van der Waals surface area contributed by atoms with Crippen LogP contribution in [0.3, 0.4) is 0 Å². The third kappa shape index (κ3) is 2.97. The predicted octanol–water partition coefficient (Wildman–Crippen LogP) is 3.17. The van der Waals surface area contributed by atoms with Gasteiger partial charge in [-0.3, -0.25) is 4.79 Å². The van der Waals surface area contributed by atoms with Crippen LogP contribution in [-0.2, 0) is 14.3 Å². The van der Waals surface area contributed by atoms with Crippen LogP contribution in [0.4, 0.5) is 0 Å². The van der Waals surface area contributed by atoms with E-state index in [1.807, 2.05) is 20.8 Å². The molecule has 0 rings (SSSR count). The molecule has 0 aromatic rings. The average Bonchev–Trinajstić information content (AvgIpc) is 2.27. The van der Waals surface area contributed by atoms with Crippen molar-refractivity contribution in [2.24, 2.45) is 5.41 Å². The molecule has 0 amide bonds. The van der Waals surface area contributed by atoms with Gasteiger partial charge in [0.2, 0.25) is 0 Å². The van der Waals surface area contributed by atoms with Crippen molar-refractivity contribution < 1.29 is 14.3 Å². The molecule has 0 saturated heterocycles. The summed E-state index contributed by atoms with van der Waals surface area (Å²) in [5.41, 5.74) is -0.512. The molecule has 2 unspecified atom stereocenters. The number of rotatable bonds is 6. The van der Waals surface area contributed by atoms with Crippen molar-refractivity contribution in [3.63, 3.8) is 0 Å².